The van der Waals surface area contributed by atoms with Crippen molar-refractivity contribution in [2.24, 2.45) is 0 Å². The Morgan fingerprint density at radius 2 is 2.00 bits per heavy atom. The number of rotatable bonds is 4. The van der Waals surface area contributed by atoms with Gasteiger partial charge in [-0.2, -0.15) is 5.26 Å². The van der Waals surface area contributed by atoms with Crippen LogP contribution in [0.4, 0.5) is 4.79 Å². The lowest BCUT2D eigenvalue weighted by molar-refractivity contribution is -0.229. The highest BCUT2D eigenvalue weighted by molar-refractivity contribution is 6.69. The molecule has 0 bridgehead atoms. The number of hydrogen-bond donors (Lipinski definition) is 0. The van der Waals surface area contributed by atoms with E-state index < -0.39 is 26.2 Å². The van der Waals surface area contributed by atoms with Crippen LogP contribution >= 0.6 is 0 Å². The van der Waals surface area contributed by atoms with Crippen LogP contribution in [0.3, 0.4) is 0 Å². The maximum Gasteiger partial charge on any atom is 0.410 e. The summed E-state index contributed by atoms with van der Waals surface area (Å²) in [5.74, 6) is -0.996. The van der Waals surface area contributed by atoms with Crippen molar-refractivity contribution in [3.05, 3.63) is 35.4 Å². The van der Waals surface area contributed by atoms with Gasteiger partial charge in [0, 0.05) is 20.1 Å². The third-order valence-electron chi connectivity index (χ3n) is 4.26. The minimum Gasteiger partial charge on any atom is -0.453 e. The number of likely N-dealkylation sites (tertiary alicyclic amines) is 1. The van der Waals surface area contributed by atoms with Crippen molar-refractivity contribution < 1.29 is 18.7 Å². The maximum absolute atomic E-state index is 12.4. The van der Waals surface area contributed by atoms with Gasteiger partial charge in [-0.25, -0.2) is 4.79 Å². The summed E-state index contributed by atoms with van der Waals surface area (Å²) in [7, 11) is 0.958. The van der Waals surface area contributed by atoms with E-state index in [0.29, 0.717) is 18.5 Å². The van der Waals surface area contributed by atoms with Crippen LogP contribution in [0.25, 0.3) is 0 Å². The molecule has 0 aromatic heterocycles. The average Bonchev–Trinajstić information content (AvgIpc) is 2.59. The van der Waals surface area contributed by atoms with Crippen LogP contribution in [-0.4, -0.2) is 45.9 Å². The van der Waals surface area contributed by atoms with Gasteiger partial charge in [-0.1, -0.05) is 18.2 Å². The summed E-state index contributed by atoms with van der Waals surface area (Å²) >= 11 is 0. The van der Waals surface area contributed by atoms with Gasteiger partial charge in [-0.15, -0.1) is 0 Å². The number of ether oxygens (including phenoxy) is 2. The predicted molar refractivity (Wildman–Crippen MR) is 96.4 cm³/mol. The van der Waals surface area contributed by atoms with Gasteiger partial charge in [0.15, 0.2) is 14.1 Å². The minimum atomic E-state index is -2.00. The zero-order valence-electron chi connectivity index (χ0n) is 15.5. The molecular formula is C18H26N2O4Si. The van der Waals surface area contributed by atoms with Crippen molar-refractivity contribution >= 4 is 14.4 Å². The molecule has 1 heterocycles. The smallest absolute Gasteiger partial charge is 0.410 e. The van der Waals surface area contributed by atoms with Crippen molar-refractivity contribution in [1.82, 2.24) is 4.90 Å². The Kier molecular flexibility index (Phi) is 5.88. The van der Waals surface area contributed by atoms with Gasteiger partial charge in [0.05, 0.1) is 18.7 Å². The fourth-order valence-corrected chi connectivity index (χ4v) is 4.77. The molecule has 1 amide bonds. The second-order valence-electron chi connectivity index (χ2n) is 7.10. The van der Waals surface area contributed by atoms with Crippen LogP contribution < -0.4 is 0 Å². The molecular weight excluding hydrogens is 336 g/mol. The molecule has 0 saturated carbocycles. The van der Waals surface area contributed by atoms with E-state index in [-0.39, 0.29) is 0 Å². The zero-order valence-corrected chi connectivity index (χ0v) is 16.5. The lowest BCUT2D eigenvalue weighted by Crippen LogP contribution is -2.58. The molecule has 2 atom stereocenters. The van der Waals surface area contributed by atoms with Gasteiger partial charge in [-0.05, 0) is 37.7 Å². The van der Waals surface area contributed by atoms with Crippen LogP contribution in [-0.2, 0) is 13.9 Å². The molecule has 1 aromatic rings. The Labute approximate surface area is 150 Å². The first-order valence-corrected chi connectivity index (χ1v) is 11.8. The quantitative estimate of drug-likeness (QED) is 0.604. The van der Waals surface area contributed by atoms with Gasteiger partial charge in [0.25, 0.3) is 0 Å². The van der Waals surface area contributed by atoms with Crippen LogP contribution in [0.1, 0.15) is 30.0 Å². The molecule has 2 rings (SSSR count). The number of nitriles is 1. The SMILES string of the molecule is COC(=O)N1CCCC(OC)(O[Si](C)(C)C)C1c1ccccc1C#N. The fraction of sp³-hybridized carbons (Fsp3) is 0.556. The van der Waals surface area contributed by atoms with Crippen molar-refractivity contribution in [2.75, 3.05) is 20.8 Å². The second-order valence-corrected chi connectivity index (χ2v) is 11.5. The summed E-state index contributed by atoms with van der Waals surface area (Å²) in [5.41, 5.74) is 1.22. The molecule has 6 nitrogen and oxygen atoms in total. The molecule has 0 N–H and O–H groups in total. The summed E-state index contributed by atoms with van der Waals surface area (Å²) in [6.45, 7) is 6.77. The molecule has 2 unspecified atom stereocenters. The Bertz CT molecular complexity index is 668. The van der Waals surface area contributed by atoms with E-state index in [1.54, 1.807) is 24.1 Å². The lowest BCUT2D eigenvalue weighted by atomic mass is 9.87. The van der Waals surface area contributed by atoms with Gasteiger partial charge >= 0.3 is 6.09 Å². The number of carbonyl (C=O) groups excluding carboxylic acids is 1. The third kappa shape index (κ3) is 4.03. The maximum atomic E-state index is 12.4. The van der Waals surface area contributed by atoms with Crippen molar-refractivity contribution in [3.8, 4) is 6.07 Å². The number of carbonyl (C=O) groups is 1. The normalized spacial score (nSPS) is 23.8. The molecule has 7 heteroatoms. The van der Waals surface area contributed by atoms with Crippen molar-refractivity contribution in [3.63, 3.8) is 0 Å². The summed E-state index contributed by atoms with van der Waals surface area (Å²) in [6.07, 6.45) is 0.933. The number of methoxy groups -OCH3 is 2. The number of piperidine rings is 1. The molecule has 0 spiro atoms. The molecule has 136 valence electrons. The average molecular weight is 363 g/mol. The first-order valence-electron chi connectivity index (χ1n) is 8.37. The Morgan fingerprint density at radius 1 is 1.32 bits per heavy atom. The first-order chi connectivity index (χ1) is 11.8. The molecule has 1 aromatic carbocycles. The third-order valence-corrected chi connectivity index (χ3v) is 5.22. The van der Waals surface area contributed by atoms with Crippen LogP contribution in [0.2, 0.25) is 19.6 Å². The van der Waals surface area contributed by atoms with Crippen molar-refractivity contribution in [2.45, 2.75) is 44.3 Å². The molecule has 0 radical (unpaired) electrons. The van der Waals surface area contributed by atoms with Gasteiger partial charge in [0.2, 0.25) is 0 Å². The Balaban J connectivity index is 2.64. The number of nitrogens with zero attached hydrogens (tertiary/aromatic N) is 2. The monoisotopic (exact) mass is 362 g/mol. The minimum absolute atomic E-state index is 0.446. The summed E-state index contributed by atoms with van der Waals surface area (Å²) in [5, 5.41) is 9.55. The lowest BCUT2D eigenvalue weighted by Gasteiger charge is -2.50. The predicted octanol–water partition coefficient (Wildman–Crippen LogP) is 3.66. The topological polar surface area (TPSA) is 71.8 Å². The summed E-state index contributed by atoms with van der Waals surface area (Å²) < 4.78 is 17.4. The van der Waals surface area contributed by atoms with E-state index in [4.69, 9.17) is 13.9 Å². The standard InChI is InChI=1S/C18H26N2O4Si/c1-22-17(21)20-12-8-11-18(23-2,24-25(3,4)5)16(20)15-10-7-6-9-14(15)13-19/h6-7,9-10,16H,8,11-12H2,1-5H3. The summed E-state index contributed by atoms with van der Waals surface area (Å²) in [4.78, 5) is 14.1. The molecule has 1 aliphatic heterocycles. The molecule has 1 fully saturated rings. The highest BCUT2D eigenvalue weighted by Gasteiger charge is 2.51. The first kappa shape index (κ1) is 19.4. The number of hydrogen-bond acceptors (Lipinski definition) is 5. The number of benzene rings is 1. The van der Waals surface area contributed by atoms with Gasteiger partial charge < -0.3 is 13.9 Å². The largest absolute Gasteiger partial charge is 0.453 e. The fourth-order valence-electron chi connectivity index (χ4n) is 3.44. The van der Waals surface area contributed by atoms with E-state index in [2.05, 4.69) is 25.7 Å². The highest BCUT2D eigenvalue weighted by atomic mass is 28.4. The van der Waals surface area contributed by atoms with Gasteiger partial charge in [-0.3, -0.25) is 4.90 Å². The molecule has 1 saturated heterocycles. The highest BCUT2D eigenvalue weighted by Crippen LogP contribution is 2.45. The van der Waals surface area contributed by atoms with E-state index in [1.165, 1.54) is 7.11 Å². The number of amides is 1. The Hall–Kier alpha value is -1.88. The summed E-state index contributed by atoms with van der Waals surface area (Å²) in [6, 6.07) is 8.94. The van der Waals surface area contributed by atoms with E-state index >= 15 is 0 Å². The van der Waals surface area contributed by atoms with E-state index in [1.807, 2.05) is 12.1 Å². The van der Waals surface area contributed by atoms with Gasteiger partial charge in [0.1, 0.15) is 6.04 Å². The zero-order chi connectivity index (χ0) is 18.7. The van der Waals surface area contributed by atoms with E-state index in [9.17, 15) is 10.1 Å². The Morgan fingerprint density at radius 3 is 2.56 bits per heavy atom. The van der Waals surface area contributed by atoms with E-state index in [0.717, 1.165) is 12.0 Å². The second kappa shape index (κ2) is 7.56. The van der Waals surface area contributed by atoms with Crippen molar-refractivity contribution in [1.29, 1.82) is 5.26 Å². The molecule has 25 heavy (non-hydrogen) atoms. The van der Waals surface area contributed by atoms with Crippen LogP contribution in [0.5, 0.6) is 0 Å². The van der Waals surface area contributed by atoms with Crippen LogP contribution in [0.15, 0.2) is 24.3 Å². The molecule has 0 aliphatic carbocycles. The molecule has 1 aliphatic rings. The van der Waals surface area contributed by atoms with Crippen LogP contribution in [0, 0.1) is 11.3 Å².